The van der Waals surface area contributed by atoms with Gasteiger partial charge in [-0.2, -0.15) is 0 Å². The molecule has 76 valence electrons. The fraction of sp³-hybridized carbons (Fsp3) is 0.250. The molecule has 1 aromatic rings. The lowest BCUT2D eigenvalue weighted by atomic mass is 10.1. The quantitative estimate of drug-likeness (QED) is 0.627. The van der Waals surface area contributed by atoms with Crippen molar-refractivity contribution >= 4 is 23.6 Å². The van der Waals surface area contributed by atoms with Crippen LogP contribution in [0.2, 0.25) is 0 Å². The normalized spacial score (nSPS) is 10.6. The van der Waals surface area contributed by atoms with Gasteiger partial charge in [0.2, 0.25) is 0 Å². The number of nitrogens with zero attached hydrogens (tertiary/aromatic N) is 1. The van der Waals surface area contributed by atoms with E-state index in [0.29, 0.717) is 6.29 Å². The molecule has 1 aromatic heterocycles. The van der Waals surface area contributed by atoms with Crippen molar-refractivity contribution in [1.29, 1.82) is 0 Å². The summed E-state index contributed by atoms with van der Waals surface area (Å²) < 4.78 is 24.7. The molecular formula is C8H7ClF2N2O. The van der Waals surface area contributed by atoms with Crippen LogP contribution in [0.1, 0.15) is 28.0 Å². The van der Waals surface area contributed by atoms with E-state index in [9.17, 15) is 13.6 Å². The van der Waals surface area contributed by atoms with Crippen molar-refractivity contribution in [2.24, 2.45) is 0 Å². The predicted molar refractivity (Wildman–Crippen MR) is 48.6 cm³/mol. The molecule has 1 rings (SSSR count). The first-order valence-electron chi connectivity index (χ1n) is 3.68. The van der Waals surface area contributed by atoms with Crippen LogP contribution in [0.4, 0.5) is 14.5 Å². The van der Waals surface area contributed by atoms with Crippen LogP contribution in [-0.2, 0) is 5.88 Å². The maximum absolute atomic E-state index is 12.4. The summed E-state index contributed by atoms with van der Waals surface area (Å²) >= 11 is 5.48. The Labute approximate surface area is 83.9 Å². The first-order valence-corrected chi connectivity index (χ1v) is 4.21. The van der Waals surface area contributed by atoms with Crippen LogP contribution in [0, 0.1) is 0 Å². The van der Waals surface area contributed by atoms with Crippen LogP contribution >= 0.6 is 11.6 Å². The van der Waals surface area contributed by atoms with Gasteiger partial charge in [0.25, 0.3) is 6.43 Å². The maximum Gasteiger partial charge on any atom is 0.281 e. The molecule has 0 saturated heterocycles. The van der Waals surface area contributed by atoms with Crippen LogP contribution in [0.25, 0.3) is 0 Å². The average Bonchev–Trinajstić information content (AvgIpc) is 2.16. The Kier molecular flexibility index (Phi) is 3.35. The van der Waals surface area contributed by atoms with E-state index in [1.807, 2.05) is 0 Å². The summed E-state index contributed by atoms with van der Waals surface area (Å²) in [4.78, 5) is 14.0. The summed E-state index contributed by atoms with van der Waals surface area (Å²) in [5.41, 5.74) is 4.98. The zero-order chi connectivity index (χ0) is 10.7. The molecule has 0 saturated carbocycles. The number of nitrogen functional groups attached to an aromatic ring is 1. The SMILES string of the molecule is Nc1cnc(C(F)F)c(C=O)c1CCl. The van der Waals surface area contributed by atoms with E-state index in [-0.39, 0.29) is 22.7 Å². The van der Waals surface area contributed by atoms with Gasteiger partial charge in [-0.25, -0.2) is 8.78 Å². The molecule has 0 bridgehead atoms. The van der Waals surface area contributed by atoms with E-state index in [1.54, 1.807) is 0 Å². The Balaban J connectivity index is 3.40. The molecule has 14 heavy (non-hydrogen) atoms. The highest BCUT2D eigenvalue weighted by Crippen LogP contribution is 2.26. The molecule has 0 radical (unpaired) electrons. The second-order valence-electron chi connectivity index (χ2n) is 2.54. The zero-order valence-corrected chi connectivity index (χ0v) is 7.76. The molecule has 2 N–H and O–H groups in total. The molecule has 0 aliphatic heterocycles. The second-order valence-corrected chi connectivity index (χ2v) is 2.81. The number of hydrogen-bond acceptors (Lipinski definition) is 3. The number of nitrogens with two attached hydrogens (primary N) is 1. The molecule has 0 amide bonds. The molecule has 0 atom stereocenters. The fourth-order valence-electron chi connectivity index (χ4n) is 1.05. The van der Waals surface area contributed by atoms with E-state index in [2.05, 4.69) is 4.98 Å². The van der Waals surface area contributed by atoms with Crippen molar-refractivity contribution in [1.82, 2.24) is 4.98 Å². The van der Waals surface area contributed by atoms with Gasteiger partial charge in [-0.05, 0) is 0 Å². The van der Waals surface area contributed by atoms with Gasteiger partial charge in [-0.3, -0.25) is 9.78 Å². The van der Waals surface area contributed by atoms with Crippen LogP contribution in [-0.4, -0.2) is 11.3 Å². The maximum atomic E-state index is 12.4. The zero-order valence-electron chi connectivity index (χ0n) is 7.01. The number of aldehydes is 1. The van der Waals surface area contributed by atoms with Gasteiger partial charge < -0.3 is 5.73 Å². The van der Waals surface area contributed by atoms with Gasteiger partial charge in [-0.15, -0.1) is 11.6 Å². The second kappa shape index (κ2) is 4.32. The lowest BCUT2D eigenvalue weighted by Crippen LogP contribution is -2.05. The van der Waals surface area contributed by atoms with E-state index in [0.717, 1.165) is 6.20 Å². The number of halogens is 3. The highest BCUT2D eigenvalue weighted by atomic mass is 35.5. The third-order valence-corrected chi connectivity index (χ3v) is 2.02. The summed E-state index contributed by atoms with van der Waals surface area (Å²) in [6.45, 7) is 0. The largest absolute Gasteiger partial charge is 0.397 e. The minimum Gasteiger partial charge on any atom is -0.397 e. The van der Waals surface area contributed by atoms with E-state index < -0.39 is 12.1 Å². The minimum absolute atomic E-state index is 0.0951. The van der Waals surface area contributed by atoms with E-state index >= 15 is 0 Å². The fourth-order valence-corrected chi connectivity index (χ4v) is 1.35. The van der Waals surface area contributed by atoms with Gasteiger partial charge in [0.1, 0.15) is 5.69 Å². The van der Waals surface area contributed by atoms with Gasteiger partial charge in [0, 0.05) is 11.1 Å². The Hall–Kier alpha value is -1.23. The van der Waals surface area contributed by atoms with Crippen molar-refractivity contribution in [3.63, 3.8) is 0 Å². The molecule has 1 heterocycles. The number of pyridine rings is 1. The Morgan fingerprint density at radius 1 is 1.64 bits per heavy atom. The van der Waals surface area contributed by atoms with Gasteiger partial charge in [-0.1, -0.05) is 0 Å². The van der Waals surface area contributed by atoms with Crippen LogP contribution in [0.5, 0.6) is 0 Å². The Morgan fingerprint density at radius 2 is 2.29 bits per heavy atom. The number of alkyl halides is 3. The highest BCUT2D eigenvalue weighted by Gasteiger charge is 2.18. The highest BCUT2D eigenvalue weighted by molar-refractivity contribution is 6.18. The van der Waals surface area contributed by atoms with Crippen molar-refractivity contribution < 1.29 is 13.6 Å². The smallest absolute Gasteiger partial charge is 0.281 e. The number of anilines is 1. The monoisotopic (exact) mass is 220 g/mol. The summed E-state index contributed by atoms with van der Waals surface area (Å²) in [5.74, 6) is -0.0951. The first-order chi connectivity index (χ1) is 6.61. The number of hydrogen-bond donors (Lipinski definition) is 1. The molecule has 0 aliphatic carbocycles. The van der Waals surface area contributed by atoms with Crippen LogP contribution in [0.3, 0.4) is 0 Å². The Morgan fingerprint density at radius 3 is 2.71 bits per heavy atom. The predicted octanol–water partition coefficient (Wildman–Crippen LogP) is 2.15. The molecule has 3 nitrogen and oxygen atoms in total. The molecule has 0 fully saturated rings. The molecule has 0 unspecified atom stereocenters. The molecule has 6 heteroatoms. The average molecular weight is 221 g/mol. The minimum atomic E-state index is -2.81. The summed E-state index contributed by atoms with van der Waals surface area (Å²) in [6, 6.07) is 0. The number of carbonyl (C=O) groups excluding carboxylic acids is 1. The Bertz CT molecular complexity index is 357. The number of rotatable bonds is 3. The number of carbonyl (C=O) groups is 1. The van der Waals surface area contributed by atoms with Crippen molar-refractivity contribution in [2.45, 2.75) is 12.3 Å². The molecule has 0 aromatic carbocycles. The lowest BCUT2D eigenvalue weighted by molar-refractivity contribution is 0.110. The summed E-state index contributed by atoms with van der Waals surface area (Å²) in [7, 11) is 0. The molecule has 0 spiro atoms. The summed E-state index contributed by atoms with van der Waals surface area (Å²) in [6.07, 6.45) is -1.44. The molecular weight excluding hydrogens is 214 g/mol. The van der Waals surface area contributed by atoms with Crippen LogP contribution < -0.4 is 5.73 Å². The third kappa shape index (κ3) is 1.82. The number of aromatic nitrogens is 1. The summed E-state index contributed by atoms with van der Waals surface area (Å²) in [5, 5.41) is 0. The third-order valence-electron chi connectivity index (χ3n) is 1.75. The first kappa shape index (κ1) is 10.8. The van der Waals surface area contributed by atoms with Gasteiger partial charge in [0.15, 0.2) is 6.29 Å². The van der Waals surface area contributed by atoms with Gasteiger partial charge in [0.05, 0.1) is 17.8 Å². The van der Waals surface area contributed by atoms with Crippen molar-refractivity contribution in [3.05, 3.63) is 23.0 Å². The van der Waals surface area contributed by atoms with E-state index in [1.165, 1.54) is 0 Å². The topological polar surface area (TPSA) is 56.0 Å². The van der Waals surface area contributed by atoms with Crippen LogP contribution in [0.15, 0.2) is 6.20 Å². The van der Waals surface area contributed by atoms with Gasteiger partial charge >= 0.3 is 0 Å². The standard InChI is InChI=1S/C8H7ClF2N2O/c9-1-4-5(3-14)7(8(10)11)13-2-6(4)12/h2-3,8H,1,12H2. The van der Waals surface area contributed by atoms with E-state index in [4.69, 9.17) is 17.3 Å². The van der Waals surface area contributed by atoms with Crippen molar-refractivity contribution in [2.75, 3.05) is 5.73 Å². The lowest BCUT2D eigenvalue weighted by Gasteiger charge is -2.08. The molecule has 0 aliphatic rings. The van der Waals surface area contributed by atoms with Crippen molar-refractivity contribution in [3.8, 4) is 0 Å².